The summed E-state index contributed by atoms with van der Waals surface area (Å²) in [5.41, 5.74) is 5.26. The molecule has 7 heteroatoms. The van der Waals surface area contributed by atoms with Gasteiger partial charge in [-0.25, -0.2) is 13.2 Å². The molecule has 2 aliphatic rings. The molecule has 0 spiro atoms. The molecular weight excluding hydrogens is 345 g/mol. The molecule has 0 bridgehead atoms. The van der Waals surface area contributed by atoms with E-state index in [1.54, 1.807) is 4.90 Å². The highest BCUT2D eigenvalue weighted by Crippen LogP contribution is 2.29. The van der Waals surface area contributed by atoms with Crippen LogP contribution in [-0.2, 0) is 4.79 Å². The van der Waals surface area contributed by atoms with Crippen molar-refractivity contribution in [2.75, 3.05) is 13.1 Å². The van der Waals surface area contributed by atoms with Gasteiger partial charge in [0.2, 0.25) is 5.91 Å². The van der Waals surface area contributed by atoms with Crippen molar-refractivity contribution in [1.29, 1.82) is 0 Å². The smallest absolute Gasteiger partial charge is 0.225 e. The quantitative estimate of drug-likeness (QED) is 0.834. The van der Waals surface area contributed by atoms with Gasteiger partial charge in [0.1, 0.15) is 17.5 Å². The number of nitrogens with two attached hydrogens (primary N) is 1. The number of hydrogen-bond acceptors (Lipinski definition) is 3. The van der Waals surface area contributed by atoms with Gasteiger partial charge in [-0.2, -0.15) is 0 Å². The molecule has 1 heterocycles. The predicted molar refractivity (Wildman–Crippen MR) is 89.9 cm³/mol. The van der Waals surface area contributed by atoms with Gasteiger partial charge in [-0.3, -0.25) is 9.59 Å². The van der Waals surface area contributed by atoms with Crippen LogP contribution in [0.3, 0.4) is 0 Å². The topological polar surface area (TPSA) is 63.4 Å². The predicted octanol–water partition coefficient (Wildman–Crippen LogP) is 3.04. The molecule has 1 aromatic carbocycles. The third-order valence-electron chi connectivity index (χ3n) is 5.49. The molecule has 2 atom stereocenters. The number of piperidine rings is 1. The van der Waals surface area contributed by atoms with Crippen LogP contribution in [0.25, 0.3) is 0 Å². The van der Waals surface area contributed by atoms with E-state index in [1.165, 1.54) is 0 Å². The zero-order valence-electron chi connectivity index (χ0n) is 14.5. The Morgan fingerprint density at radius 3 is 2.15 bits per heavy atom. The molecule has 1 aliphatic carbocycles. The highest BCUT2D eigenvalue weighted by molar-refractivity contribution is 5.98. The fraction of sp³-hybridized carbons (Fsp3) is 0.579. The highest BCUT2D eigenvalue weighted by atomic mass is 19.1. The monoisotopic (exact) mass is 368 g/mol. The normalized spacial score (nSPS) is 24.5. The van der Waals surface area contributed by atoms with E-state index in [0.717, 1.165) is 19.3 Å². The van der Waals surface area contributed by atoms with Gasteiger partial charge in [0.15, 0.2) is 5.78 Å². The van der Waals surface area contributed by atoms with E-state index in [1.807, 2.05) is 0 Å². The fourth-order valence-corrected chi connectivity index (χ4v) is 4.05. The van der Waals surface area contributed by atoms with Crippen molar-refractivity contribution >= 4 is 11.7 Å². The first-order valence-electron chi connectivity index (χ1n) is 9.10. The van der Waals surface area contributed by atoms with Crippen LogP contribution in [0.1, 0.15) is 48.9 Å². The second kappa shape index (κ2) is 7.78. The Morgan fingerprint density at radius 1 is 0.962 bits per heavy atom. The van der Waals surface area contributed by atoms with Gasteiger partial charge in [-0.15, -0.1) is 0 Å². The van der Waals surface area contributed by atoms with Crippen molar-refractivity contribution in [1.82, 2.24) is 4.90 Å². The second-order valence-electron chi connectivity index (χ2n) is 7.33. The molecule has 1 saturated carbocycles. The summed E-state index contributed by atoms with van der Waals surface area (Å²) in [5, 5.41) is 0. The first kappa shape index (κ1) is 18.9. The van der Waals surface area contributed by atoms with E-state index in [-0.39, 0.29) is 17.9 Å². The molecular formula is C19H23F3N2O2. The summed E-state index contributed by atoms with van der Waals surface area (Å²) >= 11 is 0. The molecule has 0 aromatic heterocycles. The molecule has 26 heavy (non-hydrogen) atoms. The number of rotatable bonds is 3. The van der Waals surface area contributed by atoms with E-state index in [2.05, 4.69) is 0 Å². The van der Waals surface area contributed by atoms with Crippen LogP contribution in [0.15, 0.2) is 12.1 Å². The maximum atomic E-state index is 13.8. The lowest BCUT2D eigenvalue weighted by Gasteiger charge is -2.35. The minimum atomic E-state index is -1.18. The molecule has 1 aromatic rings. The maximum absolute atomic E-state index is 13.8. The maximum Gasteiger partial charge on any atom is 0.225 e. The molecule has 0 radical (unpaired) electrons. The van der Waals surface area contributed by atoms with Crippen LogP contribution in [0, 0.1) is 29.3 Å². The molecule has 2 unspecified atom stereocenters. The van der Waals surface area contributed by atoms with Crippen molar-refractivity contribution < 1.29 is 22.8 Å². The number of ketones is 1. The third kappa shape index (κ3) is 3.92. The van der Waals surface area contributed by atoms with Gasteiger partial charge in [-0.1, -0.05) is 6.42 Å². The summed E-state index contributed by atoms with van der Waals surface area (Å²) in [6.07, 6.45) is 4.09. The highest BCUT2D eigenvalue weighted by Gasteiger charge is 2.34. The molecule has 142 valence electrons. The summed E-state index contributed by atoms with van der Waals surface area (Å²) in [7, 11) is 0. The number of benzene rings is 1. The number of halogens is 3. The second-order valence-corrected chi connectivity index (χ2v) is 7.33. The minimum absolute atomic E-state index is 0.0567. The Hall–Kier alpha value is -1.89. The van der Waals surface area contributed by atoms with E-state index < -0.39 is 34.7 Å². The molecule has 3 rings (SSSR count). The molecule has 4 nitrogen and oxygen atoms in total. The van der Waals surface area contributed by atoms with Crippen LogP contribution in [0.5, 0.6) is 0 Å². The van der Waals surface area contributed by atoms with Crippen LogP contribution < -0.4 is 5.73 Å². The summed E-state index contributed by atoms with van der Waals surface area (Å²) in [5.74, 6) is -4.65. The largest absolute Gasteiger partial charge is 0.342 e. The first-order valence-corrected chi connectivity index (χ1v) is 9.10. The Morgan fingerprint density at radius 2 is 1.58 bits per heavy atom. The molecule has 1 saturated heterocycles. The average Bonchev–Trinajstić information content (AvgIpc) is 2.60. The zero-order valence-corrected chi connectivity index (χ0v) is 14.5. The van der Waals surface area contributed by atoms with E-state index in [9.17, 15) is 22.8 Å². The summed E-state index contributed by atoms with van der Waals surface area (Å²) in [6.45, 7) is 0.761. The van der Waals surface area contributed by atoms with Gasteiger partial charge >= 0.3 is 0 Å². The number of likely N-dealkylation sites (tertiary alicyclic amines) is 1. The number of hydrogen-bond donors (Lipinski definition) is 1. The van der Waals surface area contributed by atoms with Crippen molar-refractivity contribution in [3.63, 3.8) is 0 Å². The SMILES string of the molecule is NC1CCCC(C(=O)N2CCC(C(=O)c3c(F)cc(F)cc3F)CC2)C1. The zero-order chi connectivity index (χ0) is 18.8. The molecule has 1 aliphatic heterocycles. The van der Waals surface area contributed by atoms with Crippen molar-refractivity contribution in [2.45, 2.75) is 44.6 Å². The van der Waals surface area contributed by atoms with Gasteiger partial charge < -0.3 is 10.6 Å². The molecule has 2 N–H and O–H groups in total. The molecule has 1 amide bonds. The van der Waals surface area contributed by atoms with Gasteiger partial charge in [0.25, 0.3) is 0 Å². The van der Waals surface area contributed by atoms with Gasteiger partial charge in [0, 0.05) is 43.1 Å². The minimum Gasteiger partial charge on any atom is -0.342 e. The van der Waals surface area contributed by atoms with E-state index in [4.69, 9.17) is 5.73 Å². The van der Waals surface area contributed by atoms with Gasteiger partial charge in [0.05, 0.1) is 5.56 Å². The number of amides is 1. The van der Waals surface area contributed by atoms with Gasteiger partial charge in [-0.05, 0) is 32.1 Å². The van der Waals surface area contributed by atoms with E-state index in [0.29, 0.717) is 44.5 Å². The number of carbonyl (C=O) groups excluding carboxylic acids is 2. The lowest BCUT2D eigenvalue weighted by Crippen LogP contribution is -2.45. The Kier molecular flexibility index (Phi) is 5.65. The summed E-state index contributed by atoms with van der Waals surface area (Å²) in [4.78, 5) is 26.8. The first-order chi connectivity index (χ1) is 12.4. The van der Waals surface area contributed by atoms with Crippen LogP contribution in [0.2, 0.25) is 0 Å². The number of nitrogens with zero attached hydrogens (tertiary/aromatic N) is 1. The molecule has 2 fully saturated rings. The van der Waals surface area contributed by atoms with Crippen molar-refractivity contribution in [2.24, 2.45) is 17.6 Å². The Balaban J connectivity index is 1.62. The van der Waals surface area contributed by atoms with E-state index >= 15 is 0 Å². The van der Waals surface area contributed by atoms with Crippen LogP contribution in [-0.4, -0.2) is 35.7 Å². The standard InChI is InChI=1S/C19H23F3N2O2/c20-13-9-15(21)17(16(22)10-13)18(25)11-4-6-24(7-5-11)19(26)12-2-1-3-14(23)8-12/h9-12,14H,1-8,23H2. The van der Waals surface area contributed by atoms with Crippen molar-refractivity contribution in [3.8, 4) is 0 Å². The number of Topliss-reactive ketones (excluding diaryl/α,β-unsaturated/α-hetero) is 1. The summed E-state index contributed by atoms with van der Waals surface area (Å²) < 4.78 is 40.7. The summed E-state index contributed by atoms with van der Waals surface area (Å²) in [6, 6.07) is 1.09. The average molecular weight is 368 g/mol. The van der Waals surface area contributed by atoms with Crippen LogP contribution in [0.4, 0.5) is 13.2 Å². The van der Waals surface area contributed by atoms with Crippen LogP contribution >= 0.6 is 0 Å². The Labute approximate surface area is 150 Å². The lowest BCUT2D eigenvalue weighted by molar-refractivity contribution is -0.138. The lowest BCUT2D eigenvalue weighted by atomic mass is 9.84. The third-order valence-corrected chi connectivity index (χ3v) is 5.49. The van der Waals surface area contributed by atoms with Crippen molar-refractivity contribution in [3.05, 3.63) is 35.1 Å². The number of carbonyl (C=O) groups is 2. The Bertz CT molecular complexity index is 679. The fourth-order valence-electron chi connectivity index (χ4n) is 4.05.